The Labute approximate surface area is 200 Å². The van der Waals surface area contributed by atoms with Crippen LogP contribution < -0.4 is 5.73 Å². The summed E-state index contributed by atoms with van der Waals surface area (Å²) < 4.78 is 53.1. The lowest BCUT2D eigenvalue weighted by atomic mass is 9.74. The minimum absolute atomic E-state index is 0.0368. The van der Waals surface area contributed by atoms with Gasteiger partial charge in [0.15, 0.2) is 14.9 Å². The summed E-state index contributed by atoms with van der Waals surface area (Å²) in [7, 11) is -3.65. The first-order chi connectivity index (χ1) is 15.9. The number of hydrogen-bond acceptors (Lipinski definition) is 5. The quantitative estimate of drug-likeness (QED) is 0.602. The fourth-order valence-corrected chi connectivity index (χ4v) is 6.58. The van der Waals surface area contributed by atoms with Crippen molar-refractivity contribution in [2.24, 2.45) is 23.0 Å². The summed E-state index contributed by atoms with van der Waals surface area (Å²) in [6, 6.07) is 3.53. The maximum absolute atomic E-state index is 15.0. The van der Waals surface area contributed by atoms with E-state index in [1.165, 1.54) is 23.2 Å². The molecule has 5 rings (SSSR count). The van der Waals surface area contributed by atoms with Gasteiger partial charge in [-0.3, -0.25) is 9.59 Å². The van der Waals surface area contributed by atoms with E-state index in [0.29, 0.717) is 6.42 Å². The number of rotatable bonds is 6. The van der Waals surface area contributed by atoms with E-state index in [1.807, 2.05) is 0 Å². The first-order valence-corrected chi connectivity index (χ1v) is 13.1. The molecule has 4 atom stereocenters. The van der Waals surface area contributed by atoms with E-state index in [9.17, 15) is 22.4 Å². The van der Waals surface area contributed by atoms with E-state index >= 15 is 4.39 Å². The van der Waals surface area contributed by atoms with Gasteiger partial charge in [0.2, 0.25) is 5.91 Å². The highest BCUT2D eigenvalue weighted by atomic mass is 35.5. The van der Waals surface area contributed by atoms with Gasteiger partial charge in [-0.05, 0) is 66.8 Å². The highest BCUT2D eigenvalue weighted by molar-refractivity contribution is 7.90. The predicted octanol–water partition coefficient (Wildman–Crippen LogP) is 2.93. The van der Waals surface area contributed by atoms with Crippen LogP contribution in [0.1, 0.15) is 41.1 Å². The number of hydrogen-bond donors (Lipinski definition) is 1. The van der Waals surface area contributed by atoms with Crippen molar-refractivity contribution in [2.45, 2.75) is 36.2 Å². The summed E-state index contributed by atoms with van der Waals surface area (Å²) >= 11 is 5.76. The molecule has 2 saturated carbocycles. The Balaban J connectivity index is 1.55. The van der Waals surface area contributed by atoms with Crippen LogP contribution in [0.5, 0.6) is 0 Å². The molecular weight excluding hydrogens is 488 g/mol. The van der Waals surface area contributed by atoms with Crippen LogP contribution in [0.4, 0.5) is 8.78 Å². The summed E-state index contributed by atoms with van der Waals surface area (Å²) in [5.74, 6) is -3.26. The monoisotopic (exact) mass is 509 g/mol. The number of amides is 2. The second kappa shape index (κ2) is 7.71. The van der Waals surface area contributed by atoms with Crippen LogP contribution in [0.3, 0.4) is 0 Å². The number of pyridine rings is 1. The zero-order chi connectivity index (χ0) is 24.6. The molecule has 2 aromatic rings. The van der Waals surface area contributed by atoms with Crippen molar-refractivity contribution in [2.75, 3.05) is 12.8 Å². The van der Waals surface area contributed by atoms with Crippen LogP contribution >= 0.6 is 11.6 Å². The first-order valence-electron chi connectivity index (χ1n) is 10.9. The number of piperidine rings is 1. The zero-order valence-corrected chi connectivity index (χ0v) is 19.7. The number of fused-ring (bicyclic) bond motifs is 1. The number of likely N-dealkylation sites (tertiary alicyclic amines) is 1. The van der Waals surface area contributed by atoms with E-state index in [-0.39, 0.29) is 39.6 Å². The van der Waals surface area contributed by atoms with Crippen LogP contribution in [-0.2, 0) is 14.6 Å². The highest BCUT2D eigenvalue weighted by Gasteiger charge is 2.73. The lowest BCUT2D eigenvalue weighted by Gasteiger charge is -2.35. The van der Waals surface area contributed by atoms with Gasteiger partial charge in [0.1, 0.15) is 17.7 Å². The topological polar surface area (TPSA) is 110 Å². The number of nitrogens with two attached hydrogens (primary N) is 1. The van der Waals surface area contributed by atoms with E-state index < -0.39 is 50.7 Å². The van der Waals surface area contributed by atoms with Gasteiger partial charge in [-0.25, -0.2) is 22.2 Å². The molecule has 2 N–H and O–H groups in total. The van der Waals surface area contributed by atoms with Gasteiger partial charge in [-0.2, -0.15) is 0 Å². The molecule has 11 heteroatoms. The Bertz CT molecular complexity index is 1330. The number of aromatic nitrogens is 1. The molecule has 34 heavy (non-hydrogen) atoms. The Morgan fingerprint density at radius 2 is 1.94 bits per heavy atom. The lowest BCUT2D eigenvalue weighted by molar-refractivity contribution is -0.124. The fraction of sp³-hybridized carbons (Fsp3) is 0.435. The average molecular weight is 510 g/mol. The summed E-state index contributed by atoms with van der Waals surface area (Å²) in [5, 5.41) is -0.586. The molecule has 2 amide bonds. The number of primary amides is 1. The molecule has 2 aliphatic carbocycles. The van der Waals surface area contributed by atoms with Gasteiger partial charge in [0.05, 0.1) is 5.02 Å². The third-order valence-corrected chi connectivity index (χ3v) is 8.65. The third kappa shape index (κ3) is 3.58. The number of carbonyl (C=O) groups is 2. The Kier molecular flexibility index (Phi) is 5.25. The number of halogens is 3. The Morgan fingerprint density at radius 3 is 2.56 bits per heavy atom. The van der Waals surface area contributed by atoms with Crippen molar-refractivity contribution in [3.63, 3.8) is 0 Å². The molecule has 0 bridgehead atoms. The molecule has 1 saturated heterocycles. The first kappa shape index (κ1) is 23.2. The smallest absolute Gasteiger partial charge is 0.254 e. The standard InChI is InChI=1S/C23H22ClF2N3O4S/c1-34(32,33)18-6-12(4-5-28-18)22(31)29-10-13-9-23(13,20(29)21(27)30)19(11-2-3-11)14-7-17(26)15(24)8-16(14)25/h4-8,11,13,19-20H,2-3,9-10H2,1H3,(H2,27,30)/t13?,19-,20?,23?/m0/s1. The number of sulfone groups is 1. The van der Waals surface area contributed by atoms with Crippen LogP contribution in [0.25, 0.3) is 0 Å². The van der Waals surface area contributed by atoms with Crippen LogP contribution in [0, 0.1) is 28.9 Å². The lowest BCUT2D eigenvalue weighted by Crippen LogP contribution is -2.51. The fourth-order valence-electron chi connectivity index (χ4n) is 5.84. The van der Waals surface area contributed by atoms with Gasteiger partial charge in [0.25, 0.3) is 5.91 Å². The molecule has 3 aliphatic rings. The maximum Gasteiger partial charge on any atom is 0.254 e. The SMILES string of the molecule is CS(=O)(=O)c1cc(C(=O)N2CC3CC3([C@H](c3cc(F)c(Cl)cc3F)C3CC3)C2C(N)=O)ccn1. The molecule has 1 aromatic carbocycles. The second-order valence-electron chi connectivity index (χ2n) is 9.53. The summed E-state index contributed by atoms with van der Waals surface area (Å²) in [5.41, 5.74) is 5.20. The highest BCUT2D eigenvalue weighted by Crippen LogP contribution is 2.72. The summed E-state index contributed by atoms with van der Waals surface area (Å²) in [6.45, 7) is 0.212. The van der Waals surface area contributed by atoms with Gasteiger partial charge in [-0.15, -0.1) is 0 Å². The minimum atomic E-state index is -3.65. The van der Waals surface area contributed by atoms with E-state index in [0.717, 1.165) is 31.2 Å². The number of carbonyl (C=O) groups excluding carboxylic acids is 2. The average Bonchev–Trinajstić information content (AvgIpc) is 3.69. The molecule has 3 fully saturated rings. The molecule has 2 heterocycles. The minimum Gasteiger partial charge on any atom is -0.368 e. The van der Waals surface area contributed by atoms with Crippen molar-refractivity contribution in [1.82, 2.24) is 9.88 Å². The maximum atomic E-state index is 15.0. The Hall–Kier alpha value is -2.59. The summed E-state index contributed by atoms with van der Waals surface area (Å²) in [4.78, 5) is 31.3. The van der Waals surface area contributed by atoms with Gasteiger partial charge in [0, 0.05) is 30.0 Å². The molecular formula is C23H22ClF2N3O4S. The molecule has 1 aliphatic heterocycles. The van der Waals surface area contributed by atoms with Crippen LogP contribution in [0.15, 0.2) is 35.5 Å². The molecule has 0 radical (unpaired) electrons. The zero-order valence-electron chi connectivity index (χ0n) is 18.2. The van der Waals surface area contributed by atoms with Crippen molar-refractivity contribution in [3.05, 3.63) is 58.2 Å². The molecule has 180 valence electrons. The van der Waals surface area contributed by atoms with E-state index in [1.54, 1.807) is 0 Å². The van der Waals surface area contributed by atoms with Crippen molar-refractivity contribution in [3.8, 4) is 0 Å². The van der Waals surface area contributed by atoms with Crippen LogP contribution in [-0.4, -0.2) is 49.0 Å². The van der Waals surface area contributed by atoms with E-state index in [2.05, 4.69) is 4.98 Å². The molecule has 3 unspecified atom stereocenters. The van der Waals surface area contributed by atoms with Gasteiger partial charge < -0.3 is 10.6 Å². The third-order valence-electron chi connectivity index (χ3n) is 7.38. The van der Waals surface area contributed by atoms with Gasteiger partial charge >= 0.3 is 0 Å². The van der Waals surface area contributed by atoms with E-state index in [4.69, 9.17) is 17.3 Å². The normalized spacial score (nSPS) is 26.8. The number of benzene rings is 1. The van der Waals surface area contributed by atoms with Crippen molar-refractivity contribution in [1.29, 1.82) is 0 Å². The largest absolute Gasteiger partial charge is 0.368 e. The Morgan fingerprint density at radius 1 is 1.24 bits per heavy atom. The molecule has 1 aromatic heterocycles. The van der Waals surface area contributed by atoms with Crippen LogP contribution in [0.2, 0.25) is 5.02 Å². The van der Waals surface area contributed by atoms with Gasteiger partial charge in [-0.1, -0.05) is 11.6 Å². The molecule has 0 spiro atoms. The van der Waals surface area contributed by atoms with Crippen molar-refractivity contribution >= 4 is 33.3 Å². The predicted molar refractivity (Wildman–Crippen MR) is 119 cm³/mol. The van der Waals surface area contributed by atoms with Crippen molar-refractivity contribution < 1.29 is 26.8 Å². The molecule has 7 nitrogen and oxygen atoms in total. The summed E-state index contributed by atoms with van der Waals surface area (Å²) in [6.07, 6.45) is 4.35. The number of nitrogens with zero attached hydrogens (tertiary/aromatic N) is 2. The second-order valence-corrected chi connectivity index (χ2v) is 11.9.